The van der Waals surface area contributed by atoms with Crippen molar-refractivity contribution in [1.29, 1.82) is 0 Å². The first kappa shape index (κ1) is 38.9. The Balaban J connectivity index is 1.31. The van der Waals surface area contributed by atoms with Gasteiger partial charge in [0.05, 0.1) is 16.0 Å². The summed E-state index contributed by atoms with van der Waals surface area (Å²) in [5.41, 5.74) is 3.44. The number of carbonyl (C=O) groups is 2. The van der Waals surface area contributed by atoms with Crippen LogP contribution in [0, 0.1) is 18.6 Å². The van der Waals surface area contributed by atoms with Crippen LogP contribution in [0.5, 0.6) is 0 Å². The maximum Gasteiger partial charge on any atom is 0.266 e. The van der Waals surface area contributed by atoms with Gasteiger partial charge in [0, 0.05) is 25.0 Å². The fourth-order valence-corrected chi connectivity index (χ4v) is 15.6. The maximum atomic E-state index is 15.7. The molecular weight excluding hydrogens is 809 g/mol. The minimum absolute atomic E-state index is 0.0604. The molecule has 0 unspecified atom stereocenters. The van der Waals surface area contributed by atoms with Crippen molar-refractivity contribution in [2.75, 3.05) is 11.4 Å². The van der Waals surface area contributed by atoms with E-state index in [2.05, 4.69) is 0 Å². The van der Waals surface area contributed by atoms with E-state index in [1.807, 2.05) is 43.3 Å². The smallest absolute Gasteiger partial charge is 0.266 e. The number of para-hydroxylation sites is 1. The number of benzene rings is 5. The minimum Gasteiger partial charge on any atom is -0.319 e. The van der Waals surface area contributed by atoms with Crippen LogP contribution < -0.4 is 4.31 Å². The van der Waals surface area contributed by atoms with Crippen LogP contribution in [0.2, 0.25) is 0 Å². The van der Waals surface area contributed by atoms with Gasteiger partial charge in [-0.25, -0.2) is 21.5 Å². The van der Waals surface area contributed by atoms with Crippen LogP contribution in [0.25, 0.3) is 0 Å². The molecule has 2 saturated heterocycles. The van der Waals surface area contributed by atoms with Gasteiger partial charge in [-0.1, -0.05) is 134 Å². The summed E-state index contributed by atoms with van der Waals surface area (Å²) in [7, 11) is 2.52. The summed E-state index contributed by atoms with van der Waals surface area (Å²) in [5, 5.41) is 0. The number of likely N-dealkylation sites (N-methyl/N-ethyl adjacent to an activating group) is 1. The molecule has 2 amide bonds. The molecule has 0 saturated carbocycles. The van der Waals surface area contributed by atoms with E-state index in [0.717, 1.165) is 22.3 Å². The molecule has 3 aliphatic rings. The van der Waals surface area contributed by atoms with Crippen molar-refractivity contribution in [3.05, 3.63) is 167 Å². The molecule has 0 radical (unpaired) electrons. The lowest BCUT2D eigenvalue weighted by Crippen LogP contribution is -2.73. The molecule has 0 N–H and O–H groups in total. The summed E-state index contributed by atoms with van der Waals surface area (Å²) in [5.74, 6) is -0.624. The first-order chi connectivity index (χ1) is 26.8. The number of hydrogen-bond donors (Lipinski definition) is 0. The molecule has 3 heterocycles. The van der Waals surface area contributed by atoms with Crippen molar-refractivity contribution in [2.24, 2.45) is 0 Å². The minimum atomic E-state index is -4.33. The number of carbonyl (C=O) groups excluding carboxylic acids is 2. The Kier molecular flexibility index (Phi) is 10.3. The van der Waals surface area contributed by atoms with E-state index in [4.69, 9.17) is 0 Å². The topological polar surface area (TPSA) is 78.0 Å². The first-order valence-corrected chi connectivity index (χ1v) is 23.9. The fourth-order valence-electron chi connectivity index (χ4n) is 7.95. The van der Waals surface area contributed by atoms with Gasteiger partial charge in [-0.05, 0) is 78.6 Å². The van der Waals surface area contributed by atoms with Crippen LogP contribution in [0.1, 0.15) is 41.2 Å². The molecule has 0 aliphatic carbocycles. The van der Waals surface area contributed by atoms with Gasteiger partial charge in [0.2, 0.25) is 0 Å². The Labute approximate surface area is 341 Å². The van der Waals surface area contributed by atoms with Gasteiger partial charge in [-0.2, -0.15) is 0 Å². The highest BCUT2D eigenvalue weighted by Gasteiger charge is 2.76. The Bertz CT molecular complexity index is 2410. The highest BCUT2D eigenvalue weighted by molar-refractivity contribution is 8.77. The van der Waals surface area contributed by atoms with E-state index in [1.54, 1.807) is 85.6 Å². The van der Waals surface area contributed by atoms with E-state index in [1.165, 1.54) is 76.6 Å². The van der Waals surface area contributed by atoms with Crippen molar-refractivity contribution < 1.29 is 26.8 Å². The maximum absolute atomic E-state index is 15.7. The van der Waals surface area contributed by atoms with Crippen molar-refractivity contribution >= 4 is 70.7 Å². The lowest BCUT2D eigenvalue weighted by Gasteiger charge is -2.53. The quantitative estimate of drug-likeness (QED) is 0.122. The van der Waals surface area contributed by atoms with E-state index in [0.29, 0.717) is 22.8 Å². The van der Waals surface area contributed by atoms with Crippen molar-refractivity contribution in [2.45, 2.75) is 58.0 Å². The summed E-state index contributed by atoms with van der Waals surface area (Å²) in [4.78, 5) is 31.3. The highest BCUT2D eigenvalue weighted by atomic mass is 33.1. The van der Waals surface area contributed by atoms with Crippen LogP contribution in [0.15, 0.2) is 132 Å². The number of hydrogen-bond acceptors (Lipinski definition) is 8. The number of amides is 2. The van der Waals surface area contributed by atoms with Gasteiger partial charge in [0.15, 0.2) is 9.74 Å². The number of nitrogens with zero attached hydrogens (tertiary/aromatic N) is 3. The molecule has 7 nitrogen and oxygen atoms in total. The molecule has 288 valence electrons. The Morgan fingerprint density at radius 3 is 1.88 bits per heavy atom. The Morgan fingerprint density at radius 1 is 0.714 bits per heavy atom. The molecule has 4 atom stereocenters. The first-order valence-electron chi connectivity index (χ1n) is 17.8. The SMILES string of the molecule is Cc1ccc([C@]23C[C@]4(SSCc5ccc(F)cc5)C(=O)N(C)[C@@](C)(SSCc5ccc(F)cc5)C(=O)N4[C@H]2N(S(=O)(=O)c2ccccc2)c2ccccc23)cc1. The van der Waals surface area contributed by atoms with Crippen LogP contribution in [0.3, 0.4) is 0 Å². The lowest BCUT2D eigenvalue weighted by atomic mass is 9.72. The van der Waals surface area contributed by atoms with Gasteiger partial charge < -0.3 is 4.90 Å². The summed E-state index contributed by atoms with van der Waals surface area (Å²) in [6.07, 6.45) is -1.08. The summed E-state index contributed by atoms with van der Waals surface area (Å²) in [6, 6.07) is 35.7. The number of halogens is 2. The zero-order chi connectivity index (χ0) is 39.5. The van der Waals surface area contributed by atoms with Crippen LogP contribution in [-0.4, -0.2) is 53.0 Å². The highest BCUT2D eigenvalue weighted by Crippen LogP contribution is 2.67. The monoisotopic (exact) mass is 845 g/mol. The van der Waals surface area contributed by atoms with E-state index < -0.39 is 37.3 Å². The number of fused-ring (bicyclic) bond motifs is 5. The zero-order valence-electron chi connectivity index (χ0n) is 30.6. The molecule has 56 heavy (non-hydrogen) atoms. The molecule has 2 fully saturated rings. The second-order valence-corrected chi connectivity index (χ2v) is 21.4. The van der Waals surface area contributed by atoms with E-state index in [9.17, 15) is 8.78 Å². The zero-order valence-corrected chi connectivity index (χ0v) is 34.7. The van der Waals surface area contributed by atoms with Crippen LogP contribution in [0.4, 0.5) is 14.5 Å². The molecule has 3 aliphatic heterocycles. The molecule has 5 aromatic rings. The molecule has 0 spiro atoms. The molecule has 0 bridgehead atoms. The number of aryl methyl sites for hydroxylation is 1. The predicted molar refractivity (Wildman–Crippen MR) is 224 cm³/mol. The Morgan fingerprint density at radius 2 is 1.27 bits per heavy atom. The van der Waals surface area contributed by atoms with E-state index >= 15 is 18.0 Å². The van der Waals surface area contributed by atoms with Crippen molar-refractivity contribution in [1.82, 2.24) is 9.80 Å². The predicted octanol–water partition coefficient (Wildman–Crippen LogP) is 9.37. The average Bonchev–Trinajstić information content (AvgIpc) is 3.66. The molecular formula is C42H37F2N3O4S5. The fraction of sp³-hybridized carbons (Fsp3) is 0.238. The van der Waals surface area contributed by atoms with Gasteiger partial charge in [-0.3, -0.25) is 14.5 Å². The summed E-state index contributed by atoms with van der Waals surface area (Å²) < 4.78 is 59.2. The Hall–Kier alpha value is -3.95. The summed E-state index contributed by atoms with van der Waals surface area (Å²) >= 11 is 0. The largest absolute Gasteiger partial charge is 0.319 e. The molecule has 5 aromatic carbocycles. The second-order valence-electron chi connectivity index (χ2n) is 14.3. The molecule has 0 aromatic heterocycles. The van der Waals surface area contributed by atoms with Crippen molar-refractivity contribution in [3.8, 4) is 0 Å². The molecule has 14 heteroatoms. The summed E-state index contributed by atoms with van der Waals surface area (Å²) in [6.45, 7) is 3.68. The number of piperazine rings is 1. The number of rotatable bonds is 11. The van der Waals surface area contributed by atoms with Gasteiger partial charge in [0.25, 0.3) is 21.8 Å². The van der Waals surface area contributed by atoms with Crippen LogP contribution >= 0.6 is 43.2 Å². The standard InChI is InChI=1S/C42H37F2N3O4S5/c1-28-13-19-31(20-14-28)41-27-42(55-53-26-30-17-23-33(44)24-18-30)39(49)45(3)40(2,54-52-25-29-15-21-32(43)22-16-29)38(48)46(42)37(41)47(36-12-8-7-11-35(36)41)56(50,51)34-9-5-4-6-10-34/h4-24,37H,25-27H2,1-3H3/t37-,40-,41-,42-/m0/s1. The third-order valence-electron chi connectivity index (χ3n) is 10.9. The van der Waals surface area contributed by atoms with Gasteiger partial charge >= 0.3 is 0 Å². The van der Waals surface area contributed by atoms with Crippen molar-refractivity contribution in [3.63, 3.8) is 0 Å². The van der Waals surface area contributed by atoms with E-state index in [-0.39, 0.29) is 28.9 Å². The molecule has 8 rings (SSSR count). The third-order valence-corrected chi connectivity index (χ3v) is 18.6. The second kappa shape index (κ2) is 14.8. The normalized spacial score (nSPS) is 24.3. The van der Waals surface area contributed by atoms with Gasteiger partial charge in [-0.15, -0.1) is 0 Å². The average molecular weight is 846 g/mol. The third kappa shape index (κ3) is 6.23. The lowest BCUT2D eigenvalue weighted by molar-refractivity contribution is -0.163. The van der Waals surface area contributed by atoms with Crippen LogP contribution in [-0.2, 0) is 36.5 Å². The number of anilines is 1. The number of sulfonamides is 1. The van der Waals surface area contributed by atoms with Gasteiger partial charge in [0.1, 0.15) is 17.8 Å².